The molecule has 1 aliphatic heterocycles. The van der Waals surface area contributed by atoms with E-state index in [1.807, 2.05) is 18.5 Å². The van der Waals surface area contributed by atoms with Crippen molar-refractivity contribution < 1.29 is 0 Å². The van der Waals surface area contributed by atoms with E-state index in [0.717, 1.165) is 30.7 Å². The molecule has 0 aromatic carbocycles. The molecular formula is C17H31N7. The van der Waals surface area contributed by atoms with E-state index >= 15 is 0 Å². The smallest absolute Gasteiger partial charge is 0.192 e. The number of likely N-dealkylation sites (tertiary alicyclic amines) is 1. The van der Waals surface area contributed by atoms with Gasteiger partial charge < -0.3 is 20.1 Å². The van der Waals surface area contributed by atoms with Gasteiger partial charge in [0.1, 0.15) is 12.4 Å². The van der Waals surface area contributed by atoms with Gasteiger partial charge in [-0.3, -0.25) is 0 Å². The highest BCUT2D eigenvalue weighted by Crippen LogP contribution is 2.19. The lowest BCUT2D eigenvalue weighted by atomic mass is 10.0. The Morgan fingerprint density at radius 3 is 2.25 bits per heavy atom. The highest BCUT2D eigenvalue weighted by atomic mass is 15.3. The van der Waals surface area contributed by atoms with Crippen molar-refractivity contribution in [1.82, 2.24) is 30.3 Å². The largest absolute Gasteiger partial charge is 0.354 e. The standard InChI is InChI=1S/C17H31N7/c1-12(2)24-9-7-15(8-10-24)20-17(19-14-5-6-14)18-11-16-22-21-13(3)23(16)4/h12,14-15H,5-11H2,1-4H3,(H2,18,19,20). The van der Waals surface area contributed by atoms with E-state index in [-0.39, 0.29) is 0 Å². The topological polar surface area (TPSA) is 70.4 Å². The minimum Gasteiger partial charge on any atom is -0.354 e. The Morgan fingerprint density at radius 2 is 1.75 bits per heavy atom. The number of aliphatic imine (C=N–C) groups is 1. The molecule has 134 valence electrons. The summed E-state index contributed by atoms with van der Waals surface area (Å²) in [6, 6.07) is 1.74. The van der Waals surface area contributed by atoms with Gasteiger partial charge in [0.25, 0.3) is 0 Å². The molecule has 7 heteroatoms. The maximum atomic E-state index is 4.75. The molecule has 1 aliphatic carbocycles. The Hall–Kier alpha value is -1.63. The second-order valence-corrected chi connectivity index (χ2v) is 7.35. The number of guanidine groups is 1. The summed E-state index contributed by atoms with van der Waals surface area (Å²) in [7, 11) is 1.99. The van der Waals surface area contributed by atoms with Crippen molar-refractivity contribution in [2.45, 2.75) is 71.1 Å². The van der Waals surface area contributed by atoms with Gasteiger partial charge in [-0.1, -0.05) is 0 Å². The van der Waals surface area contributed by atoms with Crippen LogP contribution < -0.4 is 10.6 Å². The first-order valence-corrected chi connectivity index (χ1v) is 9.19. The Kier molecular flexibility index (Phi) is 5.38. The minimum atomic E-state index is 0.506. The average molecular weight is 333 g/mol. The van der Waals surface area contributed by atoms with Crippen molar-refractivity contribution in [2.75, 3.05) is 13.1 Å². The number of aryl methyl sites for hydroxylation is 1. The van der Waals surface area contributed by atoms with E-state index in [1.54, 1.807) is 0 Å². The molecule has 1 aromatic rings. The zero-order valence-corrected chi connectivity index (χ0v) is 15.4. The van der Waals surface area contributed by atoms with E-state index in [2.05, 4.69) is 39.6 Å². The number of hydrogen-bond acceptors (Lipinski definition) is 4. The number of piperidine rings is 1. The van der Waals surface area contributed by atoms with Crippen LogP contribution in [0.1, 0.15) is 51.2 Å². The zero-order chi connectivity index (χ0) is 17.1. The molecule has 1 saturated carbocycles. The fourth-order valence-electron chi connectivity index (χ4n) is 3.05. The van der Waals surface area contributed by atoms with Crippen LogP contribution in [0, 0.1) is 6.92 Å². The van der Waals surface area contributed by atoms with Crippen molar-refractivity contribution in [2.24, 2.45) is 12.0 Å². The predicted octanol–water partition coefficient (Wildman–Crippen LogP) is 1.19. The van der Waals surface area contributed by atoms with Gasteiger partial charge in [0, 0.05) is 38.3 Å². The van der Waals surface area contributed by atoms with Crippen LogP contribution in [0.5, 0.6) is 0 Å². The van der Waals surface area contributed by atoms with Gasteiger partial charge in [-0.15, -0.1) is 10.2 Å². The van der Waals surface area contributed by atoms with Crippen LogP contribution in [0.2, 0.25) is 0 Å². The van der Waals surface area contributed by atoms with E-state index in [0.29, 0.717) is 24.7 Å². The van der Waals surface area contributed by atoms with E-state index in [1.165, 1.54) is 25.7 Å². The molecule has 0 bridgehead atoms. The van der Waals surface area contributed by atoms with Crippen molar-refractivity contribution >= 4 is 5.96 Å². The second kappa shape index (κ2) is 7.51. The summed E-state index contributed by atoms with van der Waals surface area (Å²) in [5, 5.41) is 15.5. The monoisotopic (exact) mass is 333 g/mol. The SMILES string of the molecule is Cc1nnc(CN=C(NC2CC2)NC2CCN(C(C)C)CC2)n1C. The molecule has 0 radical (unpaired) electrons. The lowest BCUT2D eigenvalue weighted by molar-refractivity contribution is 0.167. The van der Waals surface area contributed by atoms with Gasteiger partial charge in [0.05, 0.1) is 0 Å². The molecule has 2 heterocycles. The zero-order valence-electron chi connectivity index (χ0n) is 15.4. The molecule has 2 fully saturated rings. The summed E-state index contributed by atoms with van der Waals surface area (Å²) in [4.78, 5) is 7.30. The predicted molar refractivity (Wildman–Crippen MR) is 95.9 cm³/mol. The normalized spacial score (nSPS) is 20.6. The van der Waals surface area contributed by atoms with Gasteiger partial charge in [0.15, 0.2) is 11.8 Å². The molecule has 0 amide bonds. The van der Waals surface area contributed by atoms with Crippen molar-refractivity contribution in [3.63, 3.8) is 0 Å². The van der Waals surface area contributed by atoms with E-state index in [9.17, 15) is 0 Å². The van der Waals surface area contributed by atoms with Crippen LogP contribution in [0.25, 0.3) is 0 Å². The summed E-state index contributed by atoms with van der Waals surface area (Å²) in [6.45, 7) is 9.40. The second-order valence-electron chi connectivity index (χ2n) is 7.35. The molecule has 0 atom stereocenters. The third-order valence-electron chi connectivity index (χ3n) is 5.08. The highest BCUT2D eigenvalue weighted by Gasteiger charge is 2.25. The summed E-state index contributed by atoms with van der Waals surface area (Å²) in [6.07, 6.45) is 4.84. The summed E-state index contributed by atoms with van der Waals surface area (Å²) < 4.78 is 2.00. The van der Waals surface area contributed by atoms with Gasteiger partial charge >= 0.3 is 0 Å². The van der Waals surface area contributed by atoms with Gasteiger partial charge in [-0.25, -0.2) is 4.99 Å². The first-order valence-electron chi connectivity index (χ1n) is 9.19. The molecule has 1 aromatic heterocycles. The van der Waals surface area contributed by atoms with Crippen LogP contribution >= 0.6 is 0 Å². The van der Waals surface area contributed by atoms with Gasteiger partial charge in [-0.05, 0) is 46.5 Å². The molecule has 2 aliphatic rings. The molecule has 24 heavy (non-hydrogen) atoms. The Labute approximate surface area is 144 Å². The maximum Gasteiger partial charge on any atom is 0.192 e. The van der Waals surface area contributed by atoms with Crippen LogP contribution in [-0.2, 0) is 13.6 Å². The lowest BCUT2D eigenvalue weighted by Gasteiger charge is -2.35. The first kappa shape index (κ1) is 17.2. The molecule has 3 rings (SSSR count). The molecule has 2 N–H and O–H groups in total. The number of nitrogens with one attached hydrogen (secondary N) is 2. The van der Waals surface area contributed by atoms with Crippen LogP contribution in [0.15, 0.2) is 4.99 Å². The fourth-order valence-corrected chi connectivity index (χ4v) is 3.05. The molecular weight excluding hydrogens is 302 g/mol. The van der Waals surface area contributed by atoms with Crippen molar-refractivity contribution in [3.8, 4) is 0 Å². The van der Waals surface area contributed by atoms with Crippen molar-refractivity contribution in [1.29, 1.82) is 0 Å². The van der Waals surface area contributed by atoms with Crippen LogP contribution in [0.4, 0.5) is 0 Å². The molecule has 7 nitrogen and oxygen atoms in total. The minimum absolute atomic E-state index is 0.506. The summed E-state index contributed by atoms with van der Waals surface area (Å²) in [5.74, 6) is 2.76. The highest BCUT2D eigenvalue weighted by molar-refractivity contribution is 5.80. The number of nitrogens with zero attached hydrogens (tertiary/aromatic N) is 5. The maximum absolute atomic E-state index is 4.75. The average Bonchev–Trinajstić information content (AvgIpc) is 3.32. The molecule has 1 saturated heterocycles. The molecule has 0 unspecified atom stereocenters. The van der Waals surface area contributed by atoms with Crippen LogP contribution in [-0.4, -0.2) is 56.8 Å². The van der Waals surface area contributed by atoms with Crippen molar-refractivity contribution in [3.05, 3.63) is 11.6 Å². The number of aromatic nitrogens is 3. The van der Waals surface area contributed by atoms with Gasteiger partial charge in [-0.2, -0.15) is 0 Å². The first-order chi connectivity index (χ1) is 11.5. The fraction of sp³-hybridized carbons (Fsp3) is 0.824. The van der Waals surface area contributed by atoms with Crippen LogP contribution in [0.3, 0.4) is 0 Å². The quantitative estimate of drug-likeness (QED) is 0.626. The number of hydrogen-bond donors (Lipinski definition) is 2. The third-order valence-corrected chi connectivity index (χ3v) is 5.08. The molecule has 0 spiro atoms. The summed E-state index contributed by atoms with van der Waals surface area (Å²) >= 11 is 0. The number of rotatable bonds is 5. The van der Waals surface area contributed by atoms with E-state index in [4.69, 9.17) is 4.99 Å². The van der Waals surface area contributed by atoms with Gasteiger partial charge in [0.2, 0.25) is 0 Å². The lowest BCUT2D eigenvalue weighted by Crippen LogP contribution is -2.50. The Balaban J connectivity index is 1.57. The van der Waals surface area contributed by atoms with E-state index < -0.39 is 0 Å². The summed E-state index contributed by atoms with van der Waals surface area (Å²) in [5.41, 5.74) is 0. The third kappa shape index (κ3) is 4.47. The Morgan fingerprint density at radius 1 is 1.12 bits per heavy atom. The Bertz CT molecular complexity index is 565.